The maximum atomic E-state index is 11.9. The minimum atomic E-state index is -0.593. The average molecular weight is 685 g/mol. The number of unbranched alkanes of at least 4 members (excludes halogenated alkanes) is 1. The molecule has 0 aromatic heterocycles. The molecule has 9 nitrogen and oxygen atoms in total. The first-order valence-electron chi connectivity index (χ1n) is 17.4. The summed E-state index contributed by atoms with van der Waals surface area (Å²) in [6, 6.07) is 24.0. The van der Waals surface area contributed by atoms with E-state index in [-0.39, 0.29) is 43.1 Å². The van der Waals surface area contributed by atoms with Gasteiger partial charge in [0.05, 0.1) is 51.4 Å². The number of esters is 3. The topological polar surface area (TPSA) is 118 Å². The average Bonchev–Trinajstić information content (AvgIpc) is 3.15. The molecule has 0 unspecified atom stereocenters. The van der Waals surface area contributed by atoms with Crippen LogP contribution in [-0.2, 0) is 28.6 Å². The highest BCUT2D eigenvalue weighted by Crippen LogP contribution is 2.24. The fourth-order valence-electron chi connectivity index (χ4n) is 5.26. The van der Waals surface area contributed by atoms with Gasteiger partial charge in [-0.3, -0.25) is 9.59 Å². The molecule has 50 heavy (non-hydrogen) atoms. The van der Waals surface area contributed by atoms with E-state index in [2.05, 4.69) is 43.0 Å². The molecule has 1 saturated carbocycles. The Kier molecular flexibility index (Phi) is 16.1. The molecule has 1 fully saturated rings. The summed E-state index contributed by atoms with van der Waals surface area (Å²) in [4.78, 5) is 35.4. The quantitative estimate of drug-likeness (QED) is 0.0419. The maximum absolute atomic E-state index is 11.9. The zero-order chi connectivity index (χ0) is 35.4. The number of aliphatic hydroxyl groups excluding tert-OH is 1. The van der Waals surface area contributed by atoms with Crippen LogP contribution in [0, 0.1) is 0 Å². The van der Waals surface area contributed by atoms with Gasteiger partial charge in [-0.15, -0.1) is 0 Å². The Bertz CT molecular complexity index is 1520. The molecule has 0 saturated heterocycles. The van der Waals surface area contributed by atoms with Crippen LogP contribution >= 0.6 is 0 Å². The Hall–Kier alpha value is -4.89. The summed E-state index contributed by atoms with van der Waals surface area (Å²) in [5, 5.41) is 8.89. The van der Waals surface area contributed by atoms with E-state index < -0.39 is 12.6 Å². The van der Waals surface area contributed by atoms with Gasteiger partial charge in [0.1, 0.15) is 17.6 Å². The van der Waals surface area contributed by atoms with Crippen LogP contribution in [0.25, 0.3) is 23.3 Å². The van der Waals surface area contributed by atoms with Gasteiger partial charge in [-0.25, -0.2) is 4.79 Å². The number of hydrogen-bond acceptors (Lipinski definition) is 9. The number of aliphatic hydroxyl groups is 1. The minimum absolute atomic E-state index is 0.00976. The van der Waals surface area contributed by atoms with Crippen LogP contribution in [0.2, 0.25) is 0 Å². The van der Waals surface area contributed by atoms with Gasteiger partial charge >= 0.3 is 17.9 Å². The van der Waals surface area contributed by atoms with E-state index >= 15 is 0 Å². The van der Waals surface area contributed by atoms with Gasteiger partial charge in [-0.05, 0) is 85.0 Å². The van der Waals surface area contributed by atoms with Crippen LogP contribution in [-0.4, -0.2) is 62.2 Å². The van der Waals surface area contributed by atoms with Gasteiger partial charge in [-0.1, -0.05) is 73.7 Å². The zero-order valence-electron chi connectivity index (χ0n) is 28.7. The monoisotopic (exact) mass is 684 g/mol. The molecular formula is C41H48O9. The number of carbonyl (C=O) groups excluding carboxylic acids is 3. The lowest BCUT2D eigenvalue weighted by Crippen LogP contribution is -2.21. The third-order valence-corrected chi connectivity index (χ3v) is 8.17. The summed E-state index contributed by atoms with van der Waals surface area (Å²) < 4.78 is 27.3. The van der Waals surface area contributed by atoms with E-state index in [9.17, 15) is 14.4 Å². The van der Waals surface area contributed by atoms with Crippen LogP contribution in [0.5, 0.6) is 11.5 Å². The van der Waals surface area contributed by atoms with Crippen LogP contribution in [0.4, 0.5) is 0 Å². The summed E-state index contributed by atoms with van der Waals surface area (Å²) in [6.45, 7) is 4.44. The van der Waals surface area contributed by atoms with Gasteiger partial charge in [0.15, 0.2) is 0 Å². The van der Waals surface area contributed by atoms with Crippen molar-refractivity contribution in [1.82, 2.24) is 0 Å². The number of hydrogen-bond donors (Lipinski definition) is 1. The molecule has 0 bridgehead atoms. The van der Waals surface area contributed by atoms with Crippen molar-refractivity contribution in [1.29, 1.82) is 0 Å². The second-order valence-electron chi connectivity index (χ2n) is 12.2. The summed E-state index contributed by atoms with van der Waals surface area (Å²) >= 11 is 0. The molecule has 0 atom stereocenters. The number of benzene rings is 3. The molecule has 0 heterocycles. The molecule has 0 radical (unpaired) electrons. The van der Waals surface area contributed by atoms with Crippen LogP contribution in [0.15, 0.2) is 84.9 Å². The Morgan fingerprint density at radius 2 is 1.14 bits per heavy atom. The molecule has 0 aliphatic heterocycles. The van der Waals surface area contributed by atoms with Crippen molar-refractivity contribution < 1.29 is 43.2 Å². The third-order valence-electron chi connectivity index (χ3n) is 8.17. The van der Waals surface area contributed by atoms with E-state index in [0.29, 0.717) is 32.7 Å². The Balaban J connectivity index is 1.07. The van der Waals surface area contributed by atoms with Crippen molar-refractivity contribution in [3.05, 3.63) is 96.1 Å². The van der Waals surface area contributed by atoms with E-state index in [1.54, 1.807) is 0 Å². The zero-order valence-corrected chi connectivity index (χ0v) is 28.7. The second-order valence-corrected chi connectivity index (χ2v) is 12.2. The van der Waals surface area contributed by atoms with Crippen molar-refractivity contribution in [2.75, 3.05) is 33.0 Å². The standard InChI is InChI=1S/C41H48O9/c1-31(30-42)41(45)49-29-7-28-47-37-22-18-35(19-23-37)34-16-12-32(13-17-34)10-11-33-14-20-36(21-15-33)46-26-5-6-27-48-39(43)24-25-40(44)50-38-8-3-2-4-9-38/h10-23,38,42H,1-9,24-30H2/b11-10+. The molecule has 0 spiro atoms. The smallest absolute Gasteiger partial charge is 0.335 e. The predicted octanol–water partition coefficient (Wildman–Crippen LogP) is 7.74. The number of carbonyl (C=O) groups is 3. The summed E-state index contributed by atoms with van der Waals surface area (Å²) in [5.74, 6) is 0.233. The fraction of sp³-hybridized carbons (Fsp3) is 0.390. The van der Waals surface area contributed by atoms with E-state index in [1.165, 1.54) is 6.42 Å². The van der Waals surface area contributed by atoms with Gasteiger partial charge in [0.25, 0.3) is 0 Å². The molecule has 4 rings (SSSR count). The first kappa shape index (κ1) is 37.9. The highest BCUT2D eigenvalue weighted by molar-refractivity contribution is 5.87. The first-order valence-corrected chi connectivity index (χ1v) is 17.4. The van der Waals surface area contributed by atoms with Gasteiger partial charge in [-0.2, -0.15) is 0 Å². The first-order chi connectivity index (χ1) is 24.4. The molecule has 3 aromatic carbocycles. The summed E-state index contributed by atoms with van der Waals surface area (Å²) in [5.41, 5.74) is 4.34. The van der Waals surface area contributed by atoms with E-state index in [0.717, 1.165) is 65.9 Å². The molecule has 1 N–H and O–H groups in total. The molecular weight excluding hydrogens is 636 g/mol. The predicted molar refractivity (Wildman–Crippen MR) is 192 cm³/mol. The van der Waals surface area contributed by atoms with Crippen LogP contribution < -0.4 is 9.47 Å². The van der Waals surface area contributed by atoms with Crippen molar-refractivity contribution in [3.8, 4) is 22.6 Å². The largest absolute Gasteiger partial charge is 0.494 e. The summed E-state index contributed by atoms with van der Waals surface area (Å²) in [7, 11) is 0. The Labute approximate surface area is 294 Å². The second kappa shape index (κ2) is 21.3. The SMILES string of the molecule is C=C(CO)C(=O)OCCCOc1ccc(-c2ccc(/C=C/c3ccc(OCCCCOC(=O)CCC(=O)OC4CCCCC4)cc3)cc2)cc1. The van der Waals surface area contributed by atoms with Gasteiger partial charge in [0.2, 0.25) is 0 Å². The fourth-order valence-corrected chi connectivity index (χ4v) is 5.26. The highest BCUT2D eigenvalue weighted by Gasteiger charge is 2.18. The van der Waals surface area contributed by atoms with E-state index in [1.807, 2.05) is 48.5 Å². The normalized spacial score (nSPS) is 13.1. The minimum Gasteiger partial charge on any atom is -0.494 e. The Morgan fingerprint density at radius 1 is 0.640 bits per heavy atom. The van der Waals surface area contributed by atoms with Crippen LogP contribution in [0.3, 0.4) is 0 Å². The van der Waals surface area contributed by atoms with Crippen molar-refractivity contribution in [2.24, 2.45) is 0 Å². The highest BCUT2D eigenvalue weighted by atomic mass is 16.5. The molecule has 1 aliphatic carbocycles. The molecule has 9 heteroatoms. The lowest BCUT2D eigenvalue weighted by atomic mass is 9.98. The van der Waals surface area contributed by atoms with E-state index in [4.69, 9.17) is 28.8 Å². The van der Waals surface area contributed by atoms with Gasteiger partial charge in [0, 0.05) is 6.42 Å². The lowest BCUT2D eigenvalue weighted by Gasteiger charge is -2.21. The van der Waals surface area contributed by atoms with Crippen molar-refractivity contribution in [2.45, 2.75) is 70.3 Å². The third kappa shape index (κ3) is 13.9. The Morgan fingerprint density at radius 3 is 1.76 bits per heavy atom. The van der Waals surface area contributed by atoms with Crippen molar-refractivity contribution >= 4 is 30.1 Å². The maximum Gasteiger partial charge on any atom is 0.335 e. The summed E-state index contributed by atoms with van der Waals surface area (Å²) in [6.07, 6.45) is 11.4. The molecule has 0 amide bonds. The number of rotatable bonds is 20. The number of ether oxygens (including phenoxy) is 5. The lowest BCUT2D eigenvalue weighted by molar-refractivity contribution is -0.154. The molecule has 1 aliphatic rings. The van der Waals surface area contributed by atoms with Gasteiger partial charge < -0.3 is 28.8 Å². The molecule has 3 aromatic rings. The van der Waals surface area contributed by atoms with Crippen molar-refractivity contribution in [3.63, 3.8) is 0 Å². The van der Waals surface area contributed by atoms with Crippen LogP contribution in [0.1, 0.15) is 75.3 Å². The molecule has 266 valence electrons.